The average Bonchev–Trinajstić information content (AvgIpc) is 4.02. The molecule has 8 aromatic carbocycles. The van der Waals surface area contributed by atoms with E-state index in [2.05, 4.69) is 214 Å². The molecule has 0 aliphatic heterocycles. The first-order valence-electron chi connectivity index (χ1n) is 28.3. The molecule has 0 saturated heterocycles. The second-order valence-corrected chi connectivity index (χ2v) is 26.9. The number of aromatic nitrogens is 2. The molecule has 0 unspecified atom stereocenters. The summed E-state index contributed by atoms with van der Waals surface area (Å²) in [4.78, 5) is 0. The topological polar surface area (TPSA) is 55.7 Å². The molecule has 0 radical (unpaired) electrons. The van der Waals surface area contributed by atoms with Crippen molar-refractivity contribution in [1.29, 1.82) is 0 Å². The Kier molecular flexibility index (Phi) is 14.1. The predicted octanol–water partition coefficient (Wildman–Crippen LogP) is 20.5. The molecule has 0 atom stereocenters. The van der Waals surface area contributed by atoms with E-state index < -0.39 is 11.6 Å². The zero-order valence-corrected chi connectivity index (χ0v) is 50.4. The van der Waals surface area contributed by atoms with Crippen molar-refractivity contribution in [3.8, 4) is 56.6 Å². The first-order valence-corrected chi connectivity index (χ1v) is 28.3. The van der Waals surface area contributed by atoms with Crippen LogP contribution in [0.5, 0.6) is 23.0 Å². The average molecular weight is 1090 g/mol. The smallest absolute Gasteiger partial charge is 0.237 e. The van der Waals surface area contributed by atoms with Crippen LogP contribution in [0.15, 0.2) is 121 Å². The highest BCUT2D eigenvalue weighted by Crippen LogP contribution is 2.51. The summed E-state index contributed by atoms with van der Waals surface area (Å²) in [5, 5.41) is 30.1. The lowest BCUT2D eigenvalue weighted by molar-refractivity contribution is -0.0170. The molecule has 0 aliphatic rings. The van der Waals surface area contributed by atoms with E-state index in [1.165, 1.54) is 35.4 Å². The number of phenolic OH excluding ortho intramolecular Hbond substituents is 2. The Labute approximate surface area is 478 Å². The maximum atomic E-state index is 16.1. The first-order chi connectivity index (χ1) is 37.8. The second kappa shape index (κ2) is 20.1. The van der Waals surface area contributed by atoms with Crippen LogP contribution in [-0.4, -0.2) is 32.6 Å². The molecule has 0 bridgehead atoms. The van der Waals surface area contributed by atoms with Crippen LogP contribution in [-0.2, 0) is 30.4 Å². The van der Waals surface area contributed by atoms with Crippen LogP contribution in [0.1, 0.15) is 134 Å². The van der Waals surface area contributed by atoms with Gasteiger partial charge >= 0.3 is 0 Å². The van der Waals surface area contributed by atoms with Gasteiger partial charge in [-0.2, -0.15) is 0 Å². The first kappa shape index (κ1) is 56.7. The van der Waals surface area contributed by atoms with Gasteiger partial charge in [0.1, 0.15) is 29.6 Å². The molecule has 81 heavy (non-hydrogen) atoms. The highest BCUT2D eigenvalue weighted by atomic mass is 19.1. The third-order valence-electron chi connectivity index (χ3n) is 16.4. The van der Waals surface area contributed by atoms with Gasteiger partial charge in [0.25, 0.3) is 0 Å². The van der Waals surface area contributed by atoms with Crippen LogP contribution in [0.3, 0.4) is 0 Å². The standard InChI is InChI=1S/C73H80F2N2O4/c1-42-20-26-60-54(30-42)55-31-43(2)21-27-61(55)76(60)64-38-48(72(11,12)13)34-56(66(64)78)58-40-50(74)32-44(3)68(58)80(17)28-19-29-81(18)69-45(4)33-51(75)41-59(69)57-35-49(73(14,15)16)39-65(67(57)79)77-62-36-46(70(5,6)7)22-24-52(62)53-25-23-47(37-63(53)77)71(8,9)10/h20-27,30-41,78-79H,17-19,28-29H2,1-16H3. The highest BCUT2D eigenvalue weighted by molar-refractivity contribution is 6.11. The SMILES string of the molecule is [CH2-][O+](CCC[O+]([CH2-])c1c(C)cc(F)cc1-c1cc(C(C)(C)C)cc(-n2c3cc(C(C)(C)C)ccc3c3ccc(C(C)(C)C)cc32)c1O)c1c(C)cc(F)cc1-c1cc(C(C)(C)C)cc(-n2c3ccc(C)cc3c3cc(C)ccc32)c1O. The molecule has 6 nitrogen and oxygen atoms in total. The maximum absolute atomic E-state index is 16.1. The summed E-state index contributed by atoms with van der Waals surface area (Å²) in [5.74, 6) is 0.366. The van der Waals surface area contributed by atoms with Gasteiger partial charge in [0.15, 0.2) is 13.2 Å². The lowest BCUT2D eigenvalue weighted by Gasteiger charge is -2.34. The number of hydrogen-bond acceptors (Lipinski definition) is 2. The van der Waals surface area contributed by atoms with Gasteiger partial charge in [0.05, 0.1) is 44.6 Å². The number of rotatable bonds is 10. The fourth-order valence-electron chi connectivity index (χ4n) is 11.8. The molecule has 2 aromatic heterocycles. The molecule has 2 N–H and O–H groups in total. The Morgan fingerprint density at radius 3 is 1.11 bits per heavy atom. The number of phenols is 2. The van der Waals surface area contributed by atoms with Crippen LogP contribution < -0.4 is 0 Å². The number of aryl methyl sites for hydroxylation is 4. The van der Waals surface area contributed by atoms with Gasteiger partial charge in [-0.3, -0.25) is 0 Å². The third kappa shape index (κ3) is 10.3. The summed E-state index contributed by atoms with van der Waals surface area (Å²) in [6, 6.07) is 40.1. The highest BCUT2D eigenvalue weighted by Gasteiger charge is 2.31. The van der Waals surface area contributed by atoms with E-state index in [-0.39, 0.29) is 33.2 Å². The zero-order chi connectivity index (χ0) is 58.7. The molecule has 10 rings (SSSR count). The normalized spacial score (nSPS) is 12.7. The second-order valence-electron chi connectivity index (χ2n) is 26.9. The number of benzene rings is 8. The summed E-state index contributed by atoms with van der Waals surface area (Å²) < 4.78 is 42.4. The van der Waals surface area contributed by atoms with Gasteiger partial charge in [0, 0.05) is 43.8 Å². The van der Waals surface area contributed by atoms with Crippen LogP contribution in [0.4, 0.5) is 8.78 Å². The van der Waals surface area contributed by atoms with Crippen LogP contribution in [0.2, 0.25) is 0 Å². The molecule has 0 fully saturated rings. The van der Waals surface area contributed by atoms with E-state index in [1.54, 1.807) is 0 Å². The van der Waals surface area contributed by atoms with Crippen LogP contribution >= 0.6 is 0 Å². The Bertz CT molecular complexity index is 4020. The monoisotopic (exact) mass is 1090 g/mol. The number of halogens is 2. The Balaban J connectivity index is 1.05. The summed E-state index contributed by atoms with van der Waals surface area (Å²) in [6.07, 6.45) is 0.473. The van der Waals surface area contributed by atoms with Crippen molar-refractivity contribution in [2.75, 3.05) is 13.2 Å². The minimum Gasteiger partial charge on any atom is -0.711 e. The molecule has 8 heteroatoms. The number of hydrogen-bond donors (Lipinski definition) is 2. The molecule has 0 aliphatic carbocycles. The molecule has 0 saturated carbocycles. The van der Waals surface area contributed by atoms with E-state index in [1.807, 2.05) is 26.0 Å². The van der Waals surface area contributed by atoms with Crippen LogP contribution in [0, 0.1) is 53.5 Å². The van der Waals surface area contributed by atoms with Crippen molar-refractivity contribution in [1.82, 2.24) is 9.13 Å². The van der Waals surface area contributed by atoms with E-state index in [9.17, 15) is 10.2 Å². The molecule has 0 amide bonds. The van der Waals surface area contributed by atoms with Crippen molar-refractivity contribution in [3.05, 3.63) is 192 Å². The summed E-state index contributed by atoms with van der Waals surface area (Å²) in [6.45, 7) is 34.7. The van der Waals surface area contributed by atoms with E-state index in [4.69, 9.17) is 0 Å². The molecular weight excluding hydrogens is 1010 g/mol. The van der Waals surface area contributed by atoms with Gasteiger partial charge in [-0.1, -0.05) is 131 Å². The molecule has 10 aromatic rings. The van der Waals surface area contributed by atoms with E-state index in [0.29, 0.717) is 75.9 Å². The minimum atomic E-state index is -0.437. The van der Waals surface area contributed by atoms with Crippen molar-refractivity contribution < 1.29 is 27.7 Å². The van der Waals surface area contributed by atoms with Crippen molar-refractivity contribution in [2.45, 2.75) is 139 Å². The summed E-state index contributed by atoms with van der Waals surface area (Å²) >= 11 is 0. The molecule has 2 heterocycles. The fourth-order valence-corrected chi connectivity index (χ4v) is 11.8. The lowest BCUT2D eigenvalue weighted by atomic mass is 9.84. The van der Waals surface area contributed by atoms with Crippen LogP contribution in [0.25, 0.3) is 77.2 Å². The number of nitrogens with zero attached hydrogens (tertiary/aromatic N) is 2. The molecular formula is C73H80F2N2O4. The molecule has 420 valence electrons. The third-order valence-corrected chi connectivity index (χ3v) is 16.4. The summed E-state index contributed by atoms with van der Waals surface area (Å²) in [5.41, 5.74) is 13.8. The predicted molar refractivity (Wildman–Crippen MR) is 336 cm³/mol. The quantitative estimate of drug-likeness (QED) is 0.106. The molecule has 0 spiro atoms. The van der Waals surface area contributed by atoms with Gasteiger partial charge in [-0.05, 0) is 171 Å². The number of aromatic hydroxyl groups is 2. The Morgan fingerprint density at radius 2 is 0.753 bits per heavy atom. The van der Waals surface area contributed by atoms with Gasteiger partial charge in [-0.25, -0.2) is 8.78 Å². The van der Waals surface area contributed by atoms with E-state index in [0.717, 1.165) is 65.9 Å². The van der Waals surface area contributed by atoms with Gasteiger partial charge in [-0.15, -0.1) is 0 Å². The van der Waals surface area contributed by atoms with Gasteiger partial charge < -0.3 is 28.1 Å². The largest absolute Gasteiger partial charge is 0.711 e. The summed E-state index contributed by atoms with van der Waals surface area (Å²) in [7, 11) is 8.99. The van der Waals surface area contributed by atoms with E-state index >= 15 is 8.78 Å². The minimum absolute atomic E-state index is 0.0198. The van der Waals surface area contributed by atoms with Gasteiger partial charge in [0.2, 0.25) is 11.5 Å². The van der Waals surface area contributed by atoms with Crippen molar-refractivity contribution in [2.24, 2.45) is 0 Å². The lowest BCUT2D eigenvalue weighted by Crippen LogP contribution is -2.14. The Hall–Kier alpha value is -7.58. The zero-order valence-electron chi connectivity index (χ0n) is 50.4. The van der Waals surface area contributed by atoms with Crippen molar-refractivity contribution in [3.63, 3.8) is 0 Å². The maximum Gasteiger partial charge on any atom is 0.237 e. The Morgan fingerprint density at radius 1 is 0.395 bits per heavy atom. The number of fused-ring (bicyclic) bond motifs is 6. The fraction of sp³-hybridized carbons (Fsp3) is 0.315. The van der Waals surface area contributed by atoms with Crippen molar-refractivity contribution >= 4 is 43.6 Å².